The number of hydrogen-bond donors (Lipinski definition) is 2. The topological polar surface area (TPSA) is 118 Å². The van der Waals surface area contributed by atoms with E-state index in [0.717, 1.165) is 41.9 Å². The Balaban J connectivity index is -0.000000684. The molecule has 4 aromatic carbocycles. The van der Waals surface area contributed by atoms with Gasteiger partial charge in [-0.15, -0.1) is 0 Å². The molecular weight excluding hydrogens is 744 g/mol. The lowest BCUT2D eigenvalue weighted by Crippen LogP contribution is -2.07. The van der Waals surface area contributed by atoms with Crippen LogP contribution in [0, 0.1) is 23.7 Å². The van der Waals surface area contributed by atoms with Gasteiger partial charge in [-0.1, -0.05) is 159 Å². The van der Waals surface area contributed by atoms with Crippen molar-refractivity contribution in [1.82, 2.24) is 0 Å². The highest BCUT2D eigenvalue weighted by atomic mass is 19.0. The average Bonchev–Trinajstić information content (AvgIpc) is 3.12. The quantitative estimate of drug-likeness (QED) is 0.0830. The Labute approximate surface area is 356 Å². The number of rotatable bonds is 12. The van der Waals surface area contributed by atoms with E-state index in [4.69, 9.17) is 5.11 Å². The number of ketones is 1. The Morgan fingerprint density at radius 2 is 0.797 bits per heavy atom. The molecule has 0 aromatic heterocycles. The number of aliphatic carboxylic acids is 1. The number of halogens is 1. The van der Waals surface area contributed by atoms with Crippen LogP contribution < -0.4 is 0 Å². The van der Waals surface area contributed by atoms with Crippen molar-refractivity contribution < 1.29 is 40.3 Å². The Hall–Kier alpha value is -4.95. The SMILES string of the molecule is CC(=O)OC(C)=O.CC(=O)c1ccc(CC(C)C)cc1.CC(C)Cc1ccc(C(C)C(=O)O)cc1.CC(C)Cc1ccc(C(C)O)cc1.CC(C)Cc1ccccc1.F.[HH]. The molecule has 2 N–H and O–H groups in total. The smallest absolute Gasteiger partial charge is 0.310 e. The molecular formula is C51H75FO7. The summed E-state index contributed by atoms with van der Waals surface area (Å²) < 4.78 is 3.97. The molecule has 4 aromatic rings. The third kappa shape index (κ3) is 29.0. The normalized spacial score (nSPS) is 11.2. The highest BCUT2D eigenvalue weighted by Gasteiger charge is 2.13. The first kappa shape index (κ1) is 56.1. The molecule has 0 saturated carbocycles. The molecule has 0 bridgehead atoms. The zero-order valence-electron chi connectivity index (χ0n) is 38.0. The van der Waals surface area contributed by atoms with Crippen LogP contribution in [0.1, 0.15) is 147 Å². The van der Waals surface area contributed by atoms with Gasteiger partial charge in [0.15, 0.2) is 5.78 Å². The van der Waals surface area contributed by atoms with Crippen LogP contribution in [0.2, 0.25) is 0 Å². The maximum absolute atomic E-state index is 11.0. The van der Waals surface area contributed by atoms with Gasteiger partial charge in [-0.05, 0) is 104 Å². The van der Waals surface area contributed by atoms with Crippen molar-refractivity contribution >= 4 is 23.7 Å². The van der Waals surface area contributed by atoms with E-state index in [-0.39, 0.29) is 18.0 Å². The second kappa shape index (κ2) is 31.0. The number of esters is 2. The van der Waals surface area contributed by atoms with Crippen molar-refractivity contribution in [3.8, 4) is 0 Å². The van der Waals surface area contributed by atoms with Crippen molar-refractivity contribution in [2.45, 2.75) is 128 Å². The summed E-state index contributed by atoms with van der Waals surface area (Å²) in [4.78, 5) is 41.4. The average molecular weight is 819 g/mol. The molecule has 0 aliphatic rings. The van der Waals surface area contributed by atoms with Gasteiger partial charge in [-0.25, -0.2) is 0 Å². The minimum Gasteiger partial charge on any atom is -0.481 e. The van der Waals surface area contributed by atoms with E-state index >= 15 is 0 Å². The first-order valence-electron chi connectivity index (χ1n) is 20.5. The third-order valence-electron chi connectivity index (χ3n) is 8.38. The van der Waals surface area contributed by atoms with Crippen LogP contribution in [0.4, 0.5) is 4.70 Å². The highest BCUT2D eigenvalue weighted by molar-refractivity contribution is 5.94. The minimum atomic E-state index is -0.772. The summed E-state index contributed by atoms with van der Waals surface area (Å²) in [5.41, 5.74) is 8.03. The van der Waals surface area contributed by atoms with E-state index in [1.54, 1.807) is 20.8 Å². The van der Waals surface area contributed by atoms with E-state index in [9.17, 15) is 24.3 Å². The molecule has 0 amide bonds. The second-order valence-electron chi connectivity index (χ2n) is 16.4. The summed E-state index contributed by atoms with van der Waals surface area (Å²) >= 11 is 0. The van der Waals surface area contributed by atoms with Crippen LogP contribution in [0.3, 0.4) is 0 Å². The number of ether oxygens (including phenoxy) is 1. The van der Waals surface area contributed by atoms with Crippen molar-refractivity contribution in [2.75, 3.05) is 0 Å². The number of carbonyl (C=O) groups is 4. The van der Waals surface area contributed by atoms with Crippen LogP contribution in [0.25, 0.3) is 0 Å². The molecule has 7 nitrogen and oxygen atoms in total. The highest BCUT2D eigenvalue weighted by Crippen LogP contribution is 2.18. The number of carboxylic acid groups (broad SMARTS) is 1. The summed E-state index contributed by atoms with van der Waals surface area (Å²) in [6.45, 7) is 25.1. The lowest BCUT2D eigenvalue weighted by molar-refractivity contribution is -0.156. The number of carbonyl (C=O) groups excluding carboxylic acids is 3. The summed E-state index contributed by atoms with van der Waals surface area (Å²) in [6.07, 6.45) is 4.08. The Bertz CT molecular complexity index is 1720. The molecule has 0 fully saturated rings. The summed E-state index contributed by atoms with van der Waals surface area (Å²) in [5.74, 6) is 0.580. The van der Waals surface area contributed by atoms with Crippen LogP contribution in [-0.4, -0.2) is 33.9 Å². The first-order valence-corrected chi connectivity index (χ1v) is 20.5. The minimum absolute atomic E-state index is 0. The molecule has 0 heterocycles. The molecule has 59 heavy (non-hydrogen) atoms. The van der Waals surface area contributed by atoms with Gasteiger partial charge < -0.3 is 14.9 Å². The van der Waals surface area contributed by atoms with E-state index in [1.165, 1.54) is 42.5 Å². The van der Waals surface area contributed by atoms with E-state index in [0.29, 0.717) is 17.8 Å². The lowest BCUT2D eigenvalue weighted by atomic mass is 9.97. The molecule has 0 aliphatic heterocycles. The molecule has 0 aliphatic carbocycles. The molecule has 8 heteroatoms. The zero-order valence-corrected chi connectivity index (χ0v) is 38.0. The largest absolute Gasteiger partial charge is 0.481 e. The molecule has 0 saturated heterocycles. The van der Waals surface area contributed by atoms with Crippen LogP contribution in [0.5, 0.6) is 0 Å². The van der Waals surface area contributed by atoms with E-state index in [1.807, 2.05) is 60.7 Å². The van der Waals surface area contributed by atoms with Gasteiger partial charge in [0, 0.05) is 20.8 Å². The maximum atomic E-state index is 11.0. The predicted molar refractivity (Wildman–Crippen MR) is 244 cm³/mol. The second-order valence-corrected chi connectivity index (χ2v) is 16.4. The van der Waals surface area contributed by atoms with E-state index < -0.39 is 23.8 Å². The van der Waals surface area contributed by atoms with Gasteiger partial charge in [-0.3, -0.25) is 23.9 Å². The third-order valence-corrected chi connectivity index (χ3v) is 8.38. The van der Waals surface area contributed by atoms with Gasteiger partial charge in [0.2, 0.25) is 0 Å². The molecule has 4 rings (SSSR count). The molecule has 0 spiro atoms. The monoisotopic (exact) mass is 819 g/mol. The molecule has 0 radical (unpaired) electrons. The Morgan fingerprint density at radius 1 is 0.492 bits per heavy atom. The number of aliphatic hydroxyl groups is 1. The van der Waals surface area contributed by atoms with Gasteiger partial charge in [-0.2, -0.15) is 0 Å². The van der Waals surface area contributed by atoms with Gasteiger partial charge in [0.1, 0.15) is 0 Å². The van der Waals surface area contributed by atoms with Crippen molar-refractivity contribution in [2.24, 2.45) is 23.7 Å². The summed E-state index contributed by atoms with van der Waals surface area (Å²) in [5, 5.41) is 18.1. The van der Waals surface area contributed by atoms with Crippen molar-refractivity contribution in [3.05, 3.63) is 142 Å². The van der Waals surface area contributed by atoms with E-state index in [2.05, 4.69) is 103 Å². The van der Waals surface area contributed by atoms with Gasteiger partial charge in [0.25, 0.3) is 0 Å². The lowest BCUT2D eigenvalue weighted by Gasteiger charge is -2.09. The van der Waals surface area contributed by atoms with Gasteiger partial charge in [0.05, 0.1) is 12.0 Å². The summed E-state index contributed by atoms with van der Waals surface area (Å²) in [6, 6.07) is 34.6. The first-order chi connectivity index (χ1) is 27.1. The predicted octanol–water partition coefficient (Wildman–Crippen LogP) is 12.5. The summed E-state index contributed by atoms with van der Waals surface area (Å²) in [7, 11) is 0. The van der Waals surface area contributed by atoms with Crippen LogP contribution in [0.15, 0.2) is 103 Å². The fraction of sp³-hybridized carbons (Fsp3) is 0.451. The molecule has 2 unspecified atom stereocenters. The number of hydrogen-bond acceptors (Lipinski definition) is 6. The molecule has 2 atom stereocenters. The number of carboxylic acids is 1. The fourth-order valence-corrected chi connectivity index (χ4v) is 5.59. The van der Waals surface area contributed by atoms with Crippen molar-refractivity contribution in [3.63, 3.8) is 0 Å². The van der Waals surface area contributed by atoms with Crippen molar-refractivity contribution in [1.29, 1.82) is 0 Å². The van der Waals surface area contributed by atoms with Crippen LogP contribution in [-0.2, 0) is 44.8 Å². The fourth-order valence-electron chi connectivity index (χ4n) is 5.59. The number of aliphatic hydroxyl groups excluding tert-OH is 1. The Kier molecular flexibility index (Phi) is 29.5. The van der Waals surface area contributed by atoms with Crippen LogP contribution >= 0.6 is 0 Å². The van der Waals surface area contributed by atoms with Gasteiger partial charge >= 0.3 is 17.9 Å². The molecule has 328 valence electrons. The number of Topliss-reactive ketones (excluding diaryl/α,β-unsaturated/α-hetero) is 1. The standard InChI is InChI=1S/C13H18O2.C12H18O.C12H16O.C10H14.C4H6O3.FH.H2/c1-9(2)8-11-4-6-12(7-5-11)10(3)13(14)15;2*1-9(2)8-11-4-6-12(7-5-11)10(3)13;1-9(2)8-10-6-4-3-5-7-10;1-3(5)7-4(2)6;;/h4-7,9-10H,8H2,1-3H3,(H,14,15);4-7,9-10,13H,8H2,1-3H3;4-7,9H,8H2,1-3H3;3-7,9H,8H2,1-2H3;1-2H3;2*1H. The maximum Gasteiger partial charge on any atom is 0.310 e. The Morgan fingerprint density at radius 3 is 1.05 bits per heavy atom. The zero-order chi connectivity index (χ0) is 44.4. The number of benzene rings is 4.